The molecule has 0 saturated carbocycles. The highest BCUT2D eigenvalue weighted by molar-refractivity contribution is 5.76. The number of fused-ring (bicyclic) bond motifs is 1. The fourth-order valence-electron chi connectivity index (χ4n) is 2.67. The Bertz CT molecular complexity index is 612. The van der Waals surface area contributed by atoms with Crippen LogP contribution in [0.4, 0.5) is 5.69 Å². The number of nitrogens with zero attached hydrogens (tertiary/aromatic N) is 2. The highest BCUT2D eigenvalue weighted by Gasteiger charge is 2.18. The van der Waals surface area contributed by atoms with Crippen LogP contribution in [-0.4, -0.2) is 24.0 Å². The Morgan fingerprint density at radius 3 is 2.86 bits per heavy atom. The molecule has 0 unspecified atom stereocenters. The first-order chi connectivity index (χ1) is 10.3. The second kappa shape index (κ2) is 6.39. The molecule has 1 amide bonds. The van der Waals surface area contributed by atoms with Crippen LogP contribution in [0, 0.1) is 0 Å². The minimum atomic E-state index is 0.0937. The molecule has 1 aliphatic rings. The van der Waals surface area contributed by atoms with E-state index >= 15 is 0 Å². The van der Waals surface area contributed by atoms with E-state index in [4.69, 9.17) is 0 Å². The van der Waals surface area contributed by atoms with E-state index in [0.29, 0.717) is 13.0 Å². The molecule has 3 rings (SSSR count). The molecular weight excluding hydrogens is 262 g/mol. The highest BCUT2D eigenvalue weighted by atomic mass is 16.1. The third-order valence-electron chi connectivity index (χ3n) is 3.83. The number of carbonyl (C=O) groups excluding carboxylic acids is 1. The maximum absolute atomic E-state index is 11.9. The third-order valence-corrected chi connectivity index (χ3v) is 3.83. The Labute approximate surface area is 124 Å². The zero-order valence-corrected chi connectivity index (χ0v) is 12.0. The molecule has 0 fully saturated rings. The van der Waals surface area contributed by atoms with Crippen molar-refractivity contribution in [2.75, 3.05) is 18.0 Å². The van der Waals surface area contributed by atoms with Gasteiger partial charge in [-0.2, -0.15) is 0 Å². The van der Waals surface area contributed by atoms with Gasteiger partial charge in [-0.15, -0.1) is 0 Å². The van der Waals surface area contributed by atoms with Gasteiger partial charge in [-0.3, -0.25) is 9.78 Å². The first-order valence-corrected chi connectivity index (χ1v) is 7.31. The highest BCUT2D eigenvalue weighted by Crippen LogP contribution is 2.27. The maximum atomic E-state index is 11.9. The molecule has 0 atom stereocenters. The van der Waals surface area contributed by atoms with Crippen molar-refractivity contribution in [1.29, 1.82) is 0 Å². The molecule has 0 aliphatic carbocycles. The largest absolute Gasteiger partial charge is 0.370 e. The Balaban J connectivity index is 1.47. The van der Waals surface area contributed by atoms with Gasteiger partial charge >= 0.3 is 0 Å². The fourth-order valence-corrected chi connectivity index (χ4v) is 2.67. The van der Waals surface area contributed by atoms with Gasteiger partial charge in [0.1, 0.15) is 0 Å². The summed E-state index contributed by atoms with van der Waals surface area (Å²) in [5, 5.41) is 2.95. The molecule has 4 heteroatoms. The lowest BCUT2D eigenvalue weighted by atomic mass is 10.2. The van der Waals surface area contributed by atoms with Crippen molar-refractivity contribution in [3.05, 3.63) is 59.9 Å². The number of aromatic nitrogens is 1. The summed E-state index contributed by atoms with van der Waals surface area (Å²) in [4.78, 5) is 18.2. The van der Waals surface area contributed by atoms with E-state index < -0.39 is 0 Å². The number of carbonyl (C=O) groups is 1. The molecule has 1 aromatic carbocycles. The first kappa shape index (κ1) is 13.6. The number of pyridine rings is 1. The molecule has 1 aliphatic heterocycles. The monoisotopic (exact) mass is 281 g/mol. The van der Waals surface area contributed by atoms with Crippen LogP contribution in [0.15, 0.2) is 48.8 Å². The summed E-state index contributed by atoms with van der Waals surface area (Å²) in [6.07, 6.45) is 5.08. The smallest absolute Gasteiger partial charge is 0.222 e. The molecule has 2 heterocycles. The minimum absolute atomic E-state index is 0.0937. The fraction of sp³-hybridized carbons (Fsp3) is 0.294. The molecule has 0 spiro atoms. The second-order valence-electron chi connectivity index (χ2n) is 5.25. The lowest BCUT2D eigenvalue weighted by molar-refractivity contribution is -0.121. The molecule has 21 heavy (non-hydrogen) atoms. The average Bonchev–Trinajstić information content (AvgIpc) is 2.95. The van der Waals surface area contributed by atoms with E-state index in [1.807, 2.05) is 12.1 Å². The van der Waals surface area contributed by atoms with Crippen LogP contribution >= 0.6 is 0 Å². The van der Waals surface area contributed by atoms with Crippen LogP contribution in [0.1, 0.15) is 17.5 Å². The standard InChI is InChI=1S/C17H19N3O/c21-17(19-13-14-5-9-18-10-6-14)8-12-20-11-7-15-3-1-2-4-16(15)20/h1-6,9-10H,7-8,11-13H2,(H,19,21). The number of anilines is 1. The van der Waals surface area contributed by atoms with Crippen LogP contribution in [0.3, 0.4) is 0 Å². The molecule has 0 radical (unpaired) electrons. The van der Waals surface area contributed by atoms with Crippen LogP contribution in [0.2, 0.25) is 0 Å². The van der Waals surface area contributed by atoms with Gasteiger partial charge in [0, 0.05) is 44.1 Å². The molecule has 1 N–H and O–H groups in total. The SMILES string of the molecule is O=C(CCN1CCc2ccccc21)NCc1ccncc1. The van der Waals surface area contributed by atoms with Crippen molar-refractivity contribution in [3.63, 3.8) is 0 Å². The van der Waals surface area contributed by atoms with Crippen LogP contribution < -0.4 is 10.2 Å². The van der Waals surface area contributed by atoms with Crippen molar-refractivity contribution in [1.82, 2.24) is 10.3 Å². The quantitative estimate of drug-likeness (QED) is 0.913. The Kier molecular flexibility index (Phi) is 4.15. The normalized spacial score (nSPS) is 13.0. The number of nitrogens with one attached hydrogen (secondary N) is 1. The van der Waals surface area contributed by atoms with Crippen LogP contribution in [0.25, 0.3) is 0 Å². The van der Waals surface area contributed by atoms with Crippen molar-refractivity contribution in [2.45, 2.75) is 19.4 Å². The summed E-state index contributed by atoms with van der Waals surface area (Å²) >= 11 is 0. The van der Waals surface area contributed by atoms with Gasteiger partial charge in [-0.1, -0.05) is 18.2 Å². The van der Waals surface area contributed by atoms with E-state index in [-0.39, 0.29) is 5.91 Å². The second-order valence-corrected chi connectivity index (χ2v) is 5.25. The number of amides is 1. The molecule has 1 aromatic heterocycles. The number of para-hydroxylation sites is 1. The van der Waals surface area contributed by atoms with Gasteiger partial charge in [0.25, 0.3) is 0 Å². The van der Waals surface area contributed by atoms with E-state index in [1.165, 1.54) is 11.3 Å². The van der Waals surface area contributed by atoms with Gasteiger partial charge in [-0.25, -0.2) is 0 Å². The zero-order valence-electron chi connectivity index (χ0n) is 12.0. The van der Waals surface area contributed by atoms with E-state index in [9.17, 15) is 4.79 Å². The number of hydrogen-bond acceptors (Lipinski definition) is 3. The molecule has 0 bridgehead atoms. The summed E-state index contributed by atoms with van der Waals surface area (Å²) in [5.41, 5.74) is 3.74. The Morgan fingerprint density at radius 2 is 2.00 bits per heavy atom. The molecular formula is C17H19N3O. The van der Waals surface area contributed by atoms with Gasteiger partial charge in [0.15, 0.2) is 0 Å². The van der Waals surface area contributed by atoms with Gasteiger partial charge in [-0.05, 0) is 35.7 Å². The van der Waals surface area contributed by atoms with Gasteiger partial charge in [0.2, 0.25) is 5.91 Å². The predicted molar refractivity (Wildman–Crippen MR) is 83.1 cm³/mol. The summed E-state index contributed by atoms with van der Waals surface area (Å²) < 4.78 is 0. The van der Waals surface area contributed by atoms with Crippen molar-refractivity contribution < 1.29 is 4.79 Å². The van der Waals surface area contributed by atoms with Crippen molar-refractivity contribution >= 4 is 11.6 Å². The van der Waals surface area contributed by atoms with Gasteiger partial charge in [0.05, 0.1) is 0 Å². The van der Waals surface area contributed by atoms with E-state index in [2.05, 4.69) is 39.5 Å². The molecule has 2 aromatic rings. The van der Waals surface area contributed by atoms with E-state index in [0.717, 1.165) is 25.1 Å². The molecule has 4 nitrogen and oxygen atoms in total. The summed E-state index contributed by atoms with van der Waals surface area (Å²) in [7, 11) is 0. The zero-order chi connectivity index (χ0) is 14.5. The summed E-state index contributed by atoms with van der Waals surface area (Å²) in [6, 6.07) is 12.3. The van der Waals surface area contributed by atoms with Crippen LogP contribution in [0.5, 0.6) is 0 Å². The maximum Gasteiger partial charge on any atom is 0.222 e. The Morgan fingerprint density at radius 1 is 1.19 bits per heavy atom. The molecule has 0 saturated heterocycles. The summed E-state index contributed by atoms with van der Waals surface area (Å²) in [6.45, 7) is 2.36. The number of hydrogen-bond donors (Lipinski definition) is 1. The van der Waals surface area contributed by atoms with E-state index in [1.54, 1.807) is 12.4 Å². The first-order valence-electron chi connectivity index (χ1n) is 7.31. The van der Waals surface area contributed by atoms with Crippen LogP contribution in [-0.2, 0) is 17.8 Å². The molecule has 108 valence electrons. The lowest BCUT2D eigenvalue weighted by Crippen LogP contribution is -2.29. The summed E-state index contributed by atoms with van der Waals surface area (Å²) in [5.74, 6) is 0.0937. The number of benzene rings is 1. The number of rotatable bonds is 5. The van der Waals surface area contributed by atoms with Crippen molar-refractivity contribution in [3.8, 4) is 0 Å². The predicted octanol–water partition coefficient (Wildman–Crippen LogP) is 2.15. The Hall–Kier alpha value is -2.36. The van der Waals surface area contributed by atoms with Crippen molar-refractivity contribution in [2.24, 2.45) is 0 Å². The topological polar surface area (TPSA) is 45.2 Å². The minimum Gasteiger partial charge on any atom is -0.370 e. The van der Waals surface area contributed by atoms with Gasteiger partial charge < -0.3 is 10.2 Å². The average molecular weight is 281 g/mol. The lowest BCUT2D eigenvalue weighted by Gasteiger charge is -2.18. The third kappa shape index (κ3) is 3.40.